The van der Waals surface area contributed by atoms with Crippen LogP contribution in [0.1, 0.15) is 11.1 Å². The Morgan fingerprint density at radius 3 is 0.690 bits per heavy atom. The zero-order chi connectivity index (χ0) is 28.2. The van der Waals surface area contributed by atoms with Gasteiger partial charge in [-0.2, -0.15) is 0 Å². The molecule has 0 amide bonds. The first-order valence-corrected chi connectivity index (χ1v) is 14.7. The van der Waals surface area contributed by atoms with Crippen molar-refractivity contribution in [2.75, 3.05) is 0 Å². The molecule has 0 atom stereocenters. The molecule has 0 aromatic heterocycles. The monoisotopic (exact) mass is 534 g/mol. The SMILES string of the molecule is Cc1ccc(-c2c3ccccc3c(-c3c4ccccc4c(-c4ccc(C)cc4)c4ccccc34)c3ccccc23)cc1. The van der Waals surface area contributed by atoms with E-state index in [4.69, 9.17) is 0 Å². The topological polar surface area (TPSA) is 0 Å². The second-order valence-electron chi connectivity index (χ2n) is 11.4. The van der Waals surface area contributed by atoms with E-state index in [-0.39, 0.29) is 0 Å². The molecule has 198 valence electrons. The van der Waals surface area contributed by atoms with Gasteiger partial charge in [0.1, 0.15) is 0 Å². The van der Waals surface area contributed by atoms with Crippen LogP contribution in [-0.2, 0) is 0 Å². The minimum atomic E-state index is 1.25. The number of rotatable bonds is 3. The summed E-state index contributed by atoms with van der Waals surface area (Å²) in [5, 5.41) is 10.3. The second kappa shape index (κ2) is 9.72. The molecule has 0 nitrogen and oxygen atoms in total. The summed E-state index contributed by atoms with van der Waals surface area (Å²) >= 11 is 0. The first-order valence-electron chi connectivity index (χ1n) is 14.7. The molecule has 0 aliphatic rings. The Morgan fingerprint density at radius 1 is 0.238 bits per heavy atom. The predicted octanol–water partition coefficient (Wildman–Crippen LogP) is 11.9. The van der Waals surface area contributed by atoms with Crippen LogP contribution in [0.5, 0.6) is 0 Å². The van der Waals surface area contributed by atoms with Crippen molar-refractivity contribution in [2.24, 2.45) is 0 Å². The van der Waals surface area contributed by atoms with Gasteiger partial charge >= 0.3 is 0 Å². The zero-order valence-electron chi connectivity index (χ0n) is 23.9. The number of aryl methyl sites for hydroxylation is 2. The molecule has 0 heteroatoms. The van der Waals surface area contributed by atoms with Crippen LogP contribution in [0, 0.1) is 13.8 Å². The van der Waals surface area contributed by atoms with Crippen LogP contribution in [0.4, 0.5) is 0 Å². The van der Waals surface area contributed by atoms with E-state index in [1.165, 1.54) is 87.6 Å². The van der Waals surface area contributed by atoms with E-state index >= 15 is 0 Å². The van der Waals surface area contributed by atoms with E-state index in [1.807, 2.05) is 0 Å². The van der Waals surface area contributed by atoms with Crippen LogP contribution >= 0.6 is 0 Å². The van der Waals surface area contributed by atoms with Crippen molar-refractivity contribution in [2.45, 2.75) is 13.8 Å². The lowest BCUT2D eigenvalue weighted by Gasteiger charge is -2.22. The smallest absolute Gasteiger partial charge is 0.00139 e. The summed E-state index contributed by atoms with van der Waals surface area (Å²) in [6.45, 7) is 4.30. The van der Waals surface area contributed by atoms with Crippen LogP contribution in [0.25, 0.3) is 76.5 Å². The Morgan fingerprint density at radius 2 is 0.452 bits per heavy atom. The molecular formula is C42H30. The van der Waals surface area contributed by atoms with E-state index in [0.717, 1.165) is 0 Å². The lowest BCUT2D eigenvalue weighted by molar-refractivity contribution is 1.47. The Hall–Kier alpha value is -5.20. The lowest BCUT2D eigenvalue weighted by Crippen LogP contribution is -1.94. The van der Waals surface area contributed by atoms with Gasteiger partial charge in [-0.25, -0.2) is 0 Å². The molecule has 0 bridgehead atoms. The van der Waals surface area contributed by atoms with E-state index < -0.39 is 0 Å². The lowest BCUT2D eigenvalue weighted by atomic mass is 9.81. The van der Waals surface area contributed by atoms with Gasteiger partial charge in [-0.05, 0) is 90.3 Å². The van der Waals surface area contributed by atoms with E-state index in [2.05, 4.69) is 159 Å². The first kappa shape index (κ1) is 24.6. The average Bonchev–Trinajstić information content (AvgIpc) is 3.04. The highest BCUT2D eigenvalue weighted by Crippen LogP contribution is 2.49. The highest BCUT2D eigenvalue weighted by atomic mass is 14.2. The van der Waals surface area contributed by atoms with Gasteiger partial charge in [0.2, 0.25) is 0 Å². The molecule has 8 aromatic carbocycles. The molecule has 0 N–H and O–H groups in total. The molecule has 0 fully saturated rings. The molecule has 0 heterocycles. The highest BCUT2D eigenvalue weighted by molar-refractivity contribution is 6.29. The van der Waals surface area contributed by atoms with Crippen LogP contribution in [0.15, 0.2) is 146 Å². The van der Waals surface area contributed by atoms with Crippen LogP contribution in [0.2, 0.25) is 0 Å². The summed E-state index contributed by atoms with van der Waals surface area (Å²) in [4.78, 5) is 0. The molecule has 0 aliphatic heterocycles. The Bertz CT molecular complexity index is 2000. The average molecular weight is 535 g/mol. The summed E-state index contributed by atoms with van der Waals surface area (Å²) in [6, 6.07) is 53.8. The fourth-order valence-corrected chi connectivity index (χ4v) is 6.86. The van der Waals surface area contributed by atoms with Crippen LogP contribution in [0.3, 0.4) is 0 Å². The number of benzene rings is 8. The van der Waals surface area contributed by atoms with Gasteiger partial charge in [0.25, 0.3) is 0 Å². The van der Waals surface area contributed by atoms with Crippen molar-refractivity contribution < 1.29 is 0 Å². The zero-order valence-corrected chi connectivity index (χ0v) is 23.9. The van der Waals surface area contributed by atoms with Crippen molar-refractivity contribution in [3.63, 3.8) is 0 Å². The summed E-state index contributed by atoms with van der Waals surface area (Å²) in [7, 11) is 0. The van der Waals surface area contributed by atoms with Gasteiger partial charge in [-0.3, -0.25) is 0 Å². The summed E-state index contributed by atoms with van der Waals surface area (Å²) in [5.41, 5.74) is 10.3. The van der Waals surface area contributed by atoms with Crippen molar-refractivity contribution in [3.8, 4) is 33.4 Å². The van der Waals surface area contributed by atoms with E-state index in [9.17, 15) is 0 Å². The predicted molar refractivity (Wildman–Crippen MR) is 182 cm³/mol. The normalized spacial score (nSPS) is 11.6. The molecule has 0 saturated carbocycles. The molecule has 0 radical (unpaired) electrons. The summed E-state index contributed by atoms with van der Waals surface area (Å²) < 4.78 is 0. The highest BCUT2D eigenvalue weighted by Gasteiger charge is 2.22. The molecule has 8 rings (SSSR count). The first-order chi connectivity index (χ1) is 20.7. The quantitative estimate of drug-likeness (QED) is 0.198. The van der Waals surface area contributed by atoms with Crippen molar-refractivity contribution >= 4 is 43.1 Å². The van der Waals surface area contributed by atoms with Gasteiger partial charge < -0.3 is 0 Å². The third-order valence-corrected chi connectivity index (χ3v) is 8.79. The Balaban J connectivity index is 1.58. The standard InChI is InChI=1S/C42H30/c1-27-19-23-29(24-20-27)39-31-11-3-7-15-35(31)41(36-16-8-4-12-32(36)39)42-37-17-9-5-13-33(37)40(30-25-21-28(2)22-26-30)34-14-6-10-18-38(34)42/h3-26H,1-2H3. The maximum atomic E-state index is 2.31. The van der Waals surface area contributed by atoms with Gasteiger partial charge in [-0.1, -0.05) is 157 Å². The third kappa shape index (κ3) is 3.76. The minimum Gasteiger partial charge on any atom is -0.0616 e. The van der Waals surface area contributed by atoms with Gasteiger partial charge in [0, 0.05) is 0 Å². The fourth-order valence-electron chi connectivity index (χ4n) is 6.86. The molecule has 0 saturated heterocycles. The van der Waals surface area contributed by atoms with Crippen molar-refractivity contribution in [3.05, 3.63) is 157 Å². The Labute approximate surface area is 246 Å². The van der Waals surface area contributed by atoms with E-state index in [0.29, 0.717) is 0 Å². The minimum absolute atomic E-state index is 1.25. The van der Waals surface area contributed by atoms with Gasteiger partial charge in [0.15, 0.2) is 0 Å². The molecule has 0 unspecified atom stereocenters. The van der Waals surface area contributed by atoms with Crippen molar-refractivity contribution in [1.29, 1.82) is 0 Å². The summed E-state index contributed by atoms with van der Waals surface area (Å²) in [5.74, 6) is 0. The molecule has 0 spiro atoms. The molecule has 8 aromatic rings. The van der Waals surface area contributed by atoms with Gasteiger partial charge in [-0.15, -0.1) is 0 Å². The molecular weight excluding hydrogens is 504 g/mol. The summed E-state index contributed by atoms with van der Waals surface area (Å²) in [6.07, 6.45) is 0. The van der Waals surface area contributed by atoms with Crippen LogP contribution < -0.4 is 0 Å². The number of hydrogen-bond donors (Lipinski definition) is 0. The maximum Gasteiger partial charge on any atom is -0.00139 e. The molecule has 42 heavy (non-hydrogen) atoms. The number of fused-ring (bicyclic) bond motifs is 4. The maximum absolute atomic E-state index is 2.31. The largest absolute Gasteiger partial charge is 0.0616 e. The Kier molecular flexibility index (Phi) is 5.69. The number of hydrogen-bond acceptors (Lipinski definition) is 0. The van der Waals surface area contributed by atoms with Gasteiger partial charge in [0.05, 0.1) is 0 Å². The molecule has 0 aliphatic carbocycles. The van der Waals surface area contributed by atoms with Crippen LogP contribution in [-0.4, -0.2) is 0 Å². The van der Waals surface area contributed by atoms with Crippen molar-refractivity contribution in [1.82, 2.24) is 0 Å². The second-order valence-corrected chi connectivity index (χ2v) is 11.4. The van der Waals surface area contributed by atoms with E-state index in [1.54, 1.807) is 0 Å². The fraction of sp³-hybridized carbons (Fsp3) is 0.0476. The third-order valence-electron chi connectivity index (χ3n) is 8.79.